The number of allylic oxidation sites excluding steroid dienone is 2. The first-order chi connectivity index (χ1) is 10.4. The third-order valence-corrected chi connectivity index (χ3v) is 6.47. The molecule has 0 spiro atoms. The van der Waals surface area contributed by atoms with Crippen molar-refractivity contribution >= 4 is 26.5 Å². The number of anilines is 1. The fourth-order valence-corrected chi connectivity index (χ4v) is 4.55. The van der Waals surface area contributed by atoms with Gasteiger partial charge in [0, 0.05) is 20.2 Å². The Morgan fingerprint density at radius 3 is 2.82 bits per heavy atom. The predicted octanol–water partition coefficient (Wildman–Crippen LogP) is 1.91. The number of thiazole rings is 1. The molecule has 0 aromatic carbocycles. The minimum atomic E-state index is -3.71. The van der Waals surface area contributed by atoms with E-state index in [2.05, 4.69) is 22.0 Å². The molecule has 6 nitrogen and oxygen atoms in total. The Balaban J connectivity index is 2.19. The molecule has 1 atom stereocenters. The molecule has 2 N–H and O–H groups in total. The number of hydrogen-bond acceptors (Lipinski definition) is 6. The molecular weight excluding hydrogens is 322 g/mol. The van der Waals surface area contributed by atoms with Crippen LogP contribution in [0.3, 0.4) is 0 Å². The first-order valence-corrected chi connectivity index (χ1v) is 9.67. The van der Waals surface area contributed by atoms with Gasteiger partial charge in [-0.1, -0.05) is 23.5 Å². The third-order valence-electron chi connectivity index (χ3n) is 3.69. The highest BCUT2D eigenvalue weighted by atomic mass is 32.2. The zero-order valence-electron chi connectivity index (χ0n) is 13.0. The van der Waals surface area contributed by atoms with Crippen molar-refractivity contribution in [2.75, 3.05) is 31.7 Å². The Morgan fingerprint density at radius 1 is 1.50 bits per heavy atom. The monoisotopic (exact) mass is 345 g/mol. The molecule has 1 aliphatic carbocycles. The minimum absolute atomic E-state index is 0.147. The number of aromatic nitrogens is 1. The molecule has 0 unspecified atom stereocenters. The van der Waals surface area contributed by atoms with Gasteiger partial charge in [0.2, 0.25) is 10.0 Å². The first-order valence-electron chi connectivity index (χ1n) is 7.31. The van der Waals surface area contributed by atoms with Crippen LogP contribution in [0.25, 0.3) is 0 Å². The van der Waals surface area contributed by atoms with Crippen molar-refractivity contribution in [2.45, 2.75) is 30.4 Å². The van der Waals surface area contributed by atoms with Gasteiger partial charge in [0.15, 0.2) is 9.34 Å². The minimum Gasteiger partial charge on any atom is -0.383 e. The Morgan fingerprint density at radius 2 is 2.27 bits per heavy atom. The highest BCUT2D eigenvalue weighted by Crippen LogP contribution is 2.30. The van der Waals surface area contributed by atoms with Crippen LogP contribution in [0.1, 0.15) is 25.0 Å². The smallest absolute Gasteiger partial charge is 0.249 e. The van der Waals surface area contributed by atoms with Gasteiger partial charge in [0.25, 0.3) is 0 Å². The van der Waals surface area contributed by atoms with Crippen LogP contribution in [0.5, 0.6) is 0 Å². The standard InChI is InChI=1S/C14H23N3O3S2/c1-11-13(22(15,18)19)21-14(16-11)17(8-9-20-2)10-12-6-4-3-5-7-12/h3-4,12H,5-10H2,1-2H3,(H2,15,18,19)/t12-/m1/s1. The van der Waals surface area contributed by atoms with E-state index >= 15 is 0 Å². The number of methoxy groups -OCH3 is 1. The number of aryl methyl sites for hydroxylation is 1. The van der Waals surface area contributed by atoms with E-state index in [1.165, 1.54) is 0 Å². The van der Waals surface area contributed by atoms with Crippen molar-refractivity contribution in [3.05, 3.63) is 17.8 Å². The summed E-state index contributed by atoms with van der Waals surface area (Å²) in [6.45, 7) is 3.79. The van der Waals surface area contributed by atoms with Gasteiger partial charge in [0.1, 0.15) is 0 Å². The second-order valence-corrected chi connectivity index (χ2v) is 8.24. The molecule has 0 aliphatic heterocycles. The fourth-order valence-electron chi connectivity index (χ4n) is 2.57. The molecular formula is C14H23N3O3S2. The lowest BCUT2D eigenvalue weighted by Gasteiger charge is -2.27. The largest absolute Gasteiger partial charge is 0.383 e. The summed E-state index contributed by atoms with van der Waals surface area (Å²) in [5.41, 5.74) is 0.466. The molecule has 0 saturated carbocycles. The highest BCUT2D eigenvalue weighted by molar-refractivity contribution is 7.91. The second-order valence-electron chi connectivity index (χ2n) is 5.50. The van der Waals surface area contributed by atoms with E-state index < -0.39 is 10.0 Å². The zero-order chi connectivity index (χ0) is 16.2. The maximum Gasteiger partial charge on any atom is 0.249 e. The highest BCUT2D eigenvalue weighted by Gasteiger charge is 2.23. The maximum atomic E-state index is 11.6. The van der Waals surface area contributed by atoms with Gasteiger partial charge in [-0.25, -0.2) is 18.5 Å². The molecule has 8 heteroatoms. The van der Waals surface area contributed by atoms with Crippen molar-refractivity contribution in [2.24, 2.45) is 11.1 Å². The third kappa shape index (κ3) is 4.52. The Labute approximate surface area is 136 Å². The molecule has 0 amide bonds. The number of hydrogen-bond donors (Lipinski definition) is 1. The Hall–Kier alpha value is -0.960. The van der Waals surface area contributed by atoms with Gasteiger partial charge in [-0.2, -0.15) is 0 Å². The average Bonchev–Trinajstić information content (AvgIpc) is 2.86. The maximum absolute atomic E-state index is 11.6. The summed E-state index contributed by atoms with van der Waals surface area (Å²) in [4.78, 5) is 6.52. The van der Waals surface area contributed by atoms with Crippen LogP contribution in [0.2, 0.25) is 0 Å². The normalized spacial score (nSPS) is 18.6. The molecule has 0 saturated heterocycles. The molecule has 0 bridgehead atoms. The summed E-state index contributed by atoms with van der Waals surface area (Å²) in [7, 11) is -2.06. The van der Waals surface area contributed by atoms with Gasteiger partial charge >= 0.3 is 0 Å². The number of nitrogens with zero attached hydrogens (tertiary/aromatic N) is 2. The van der Waals surface area contributed by atoms with Crippen LogP contribution in [-0.2, 0) is 14.8 Å². The molecule has 22 heavy (non-hydrogen) atoms. The second kappa shape index (κ2) is 7.54. The van der Waals surface area contributed by atoms with Crippen molar-refractivity contribution in [1.82, 2.24) is 4.98 Å². The molecule has 1 aromatic rings. The van der Waals surface area contributed by atoms with Gasteiger partial charge in [-0.05, 0) is 32.1 Å². The average molecular weight is 345 g/mol. The van der Waals surface area contributed by atoms with Gasteiger partial charge in [-0.15, -0.1) is 0 Å². The molecule has 2 rings (SSSR count). The molecule has 1 aliphatic rings. The van der Waals surface area contributed by atoms with E-state index in [1.54, 1.807) is 14.0 Å². The van der Waals surface area contributed by atoms with Crippen molar-refractivity contribution in [1.29, 1.82) is 0 Å². The summed E-state index contributed by atoms with van der Waals surface area (Å²) in [5.74, 6) is 0.559. The van der Waals surface area contributed by atoms with Gasteiger partial charge < -0.3 is 9.64 Å². The molecule has 124 valence electrons. The van der Waals surface area contributed by atoms with Crippen LogP contribution in [0.15, 0.2) is 16.4 Å². The number of sulfonamides is 1. The quantitative estimate of drug-likeness (QED) is 0.763. The summed E-state index contributed by atoms with van der Waals surface area (Å²) < 4.78 is 28.5. The van der Waals surface area contributed by atoms with Crippen LogP contribution in [-0.4, -0.2) is 40.2 Å². The van der Waals surface area contributed by atoms with E-state index in [0.29, 0.717) is 29.9 Å². The SMILES string of the molecule is COCCN(C[C@@H]1CC=CCC1)c1nc(C)c(S(N)(=O)=O)s1. The Bertz CT molecular complexity index is 625. The van der Waals surface area contributed by atoms with Gasteiger partial charge in [0.05, 0.1) is 12.3 Å². The van der Waals surface area contributed by atoms with Crippen molar-refractivity contribution in [3.63, 3.8) is 0 Å². The van der Waals surface area contributed by atoms with Crippen LogP contribution < -0.4 is 10.0 Å². The number of nitrogens with two attached hydrogens (primary N) is 1. The number of ether oxygens (including phenoxy) is 1. The van der Waals surface area contributed by atoms with Crippen LogP contribution in [0, 0.1) is 12.8 Å². The topological polar surface area (TPSA) is 85.5 Å². The summed E-state index contributed by atoms with van der Waals surface area (Å²) in [5, 5.41) is 5.95. The summed E-state index contributed by atoms with van der Waals surface area (Å²) >= 11 is 1.14. The van der Waals surface area contributed by atoms with E-state index in [0.717, 1.165) is 37.1 Å². The molecule has 0 radical (unpaired) electrons. The van der Waals surface area contributed by atoms with Gasteiger partial charge in [-0.3, -0.25) is 0 Å². The van der Waals surface area contributed by atoms with E-state index in [1.807, 2.05) is 0 Å². The molecule has 0 fully saturated rings. The Kier molecular flexibility index (Phi) is 5.96. The predicted molar refractivity (Wildman–Crippen MR) is 88.8 cm³/mol. The lowest BCUT2D eigenvalue weighted by atomic mass is 9.94. The zero-order valence-corrected chi connectivity index (χ0v) is 14.6. The molecule has 1 aromatic heterocycles. The fraction of sp³-hybridized carbons (Fsp3) is 0.643. The van der Waals surface area contributed by atoms with E-state index in [9.17, 15) is 8.42 Å². The number of primary sulfonamides is 1. The lowest BCUT2D eigenvalue weighted by Crippen LogP contribution is -2.32. The lowest BCUT2D eigenvalue weighted by molar-refractivity contribution is 0.204. The van der Waals surface area contributed by atoms with Crippen LogP contribution in [0.4, 0.5) is 5.13 Å². The first kappa shape index (κ1) is 17.4. The van der Waals surface area contributed by atoms with E-state index in [4.69, 9.17) is 9.88 Å². The van der Waals surface area contributed by atoms with Crippen molar-refractivity contribution in [3.8, 4) is 0 Å². The summed E-state index contributed by atoms with van der Waals surface area (Å²) in [6.07, 6.45) is 7.72. The van der Waals surface area contributed by atoms with Crippen molar-refractivity contribution < 1.29 is 13.2 Å². The molecule has 1 heterocycles. The van der Waals surface area contributed by atoms with E-state index in [-0.39, 0.29) is 4.21 Å². The van der Waals surface area contributed by atoms with Crippen LogP contribution >= 0.6 is 11.3 Å². The summed E-state index contributed by atoms with van der Waals surface area (Å²) in [6, 6.07) is 0. The number of rotatable bonds is 7.